The summed E-state index contributed by atoms with van der Waals surface area (Å²) in [5.74, 6) is 5.20. The van der Waals surface area contributed by atoms with Crippen LogP contribution in [0.25, 0.3) is 60.0 Å². The first-order valence-corrected chi connectivity index (χ1v) is 13.2. The van der Waals surface area contributed by atoms with Gasteiger partial charge in [0.2, 0.25) is 0 Å². The fraction of sp³-hybridized carbons (Fsp3) is 0.114. The number of hydrazine groups is 1. The minimum atomic E-state index is -0.410. The van der Waals surface area contributed by atoms with Crippen LogP contribution in [0.3, 0.4) is 0 Å². The summed E-state index contributed by atoms with van der Waals surface area (Å²) in [6.45, 7) is 24.4. The number of allylic oxidation sites excluding steroid dienone is 4. The molecular formula is C35H38N4O. The zero-order valence-corrected chi connectivity index (χ0v) is 23.9. The molecular weight excluding hydrogens is 492 g/mol. The van der Waals surface area contributed by atoms with E-state index in [0.29, 0.717) is 5.56 Å². The van der Waals surface area contributed by atoms with Crippen LogP contribution in [0.15, 0.2) is 68.8 Å². The molecule has 0 fully saturated rings. The molecule has 0 aliphatic carbocycles. The highest BCUT2D eigenvalue weighted by Gasteiger charge is 2.22. The molecule has 0 radical (unpaired) electrons. The zero-order chi connectivity index (χ0) is 29.4. The summed E-state index contributed by atoms with van der Waals surface area (Å²) in [7, 11) is 0. The number of aromatic nitrogens is 2. The minimum absolute atomic E-state index is 0.396. The Morgan fingerprint density at radius 1 is 0.625 bits per heavy atom. The van der Waals surface area contributed by atoms with Gasteiger partial charge in [-0.3, -0.25) is 10.2 Å². The lowest BCUT2D eigenvalue weighted by Gasteiger charge is -2.17. The Morgan fingerprint density at radius 2 is 0.925 bits per heavy atom. The smallest absolute Gasteiger partial charge is 0.265 e. The molecule has 3 rings (SSSR count). The molecule has 204 valence electrons. The van der Waals surface area contributed by atoms with Crippen LogP contribution in [-0.2, 0) is 0 Å². The van der Waals surface area contributed by atoms with E-state index >= 15 is 0 Å². The number of nitrogens with two attached hydrogens (primary N) is 1. The largest absolute Gasteiger partial charge is 0.309 e. The van der Waals surface area contributed by atoms with Crippen molar-refractivity contribution in [2.24, 2.45) is 5.84 Å². The summed E-state index contributed by atoms with van der Waals surface area (Å²) in [5, 5.41) is 0. The normalized spacial score (nSPS) is 11.7. The van der Waals surface area contributed by atoms with Gasteiger partial charge in [0.25, 0.3) is 5.91 Å². The molecule has 0 aliphatic rings. The lowest BCUT2D eigenvalue weighted by molar-refractivity contribution is 0.0953. The van der Waals surface area contributed by atoms with Crippen LogP contribution in [0.1, 0.15) is 83.1 Å². The molecule has 0 atom stereocenters. The average Bonchev–Trinajstić information content (AvgIpc) is 3.44. The van der Waals surface area contributed by atoms with Crippen molar-refractivity contribution < 1.29 is 4.79 Å². The monoisotopic (exact) mass is 530 g/mol. The molecule has 0 unspecified atom stereocenters. The number of rotatable bonds is 11. The van der Waals surface area contributed by atoms with Crippen LogP contribution in [0.2, 0.25) is 0 Å². The van der Waals surface area contributed by atoms with Gasteiger partial charge in [-0.05, 0) is 70.2 Å². The quantitative estimate of drug-likeness (QED) is 0.148. The van der Waals surface area contributed by atoms with Gasteiger partial charge >= 0.3 is 0 Å². The number of nitrogens with zero attached hydrogens (tertiary/aromatic N) is 2. The topological polar surface area (TPSA) is 65.0 Å². The van der Waals surface area contributed by atoms with Gasteiger partial charge in [0, 0.05) is 39.2 Å². The van der Waals surface area contributed by atoms with Gasteiger partial charge in [-0.15, -0.1) is 0 Å². The molecule has 0 saturated carbocycles. The van der Waals surface area contributed by atoms with E-state index in [1.807, 2.05) is 94.5 Å². The van der Waals surface area contributed by atoms with Crippen LogP contribution in [0, 0.1) is 0 Å². The zero-order valence-electron chi connectivity index (χ0n) is 23.9. The number of hydrogen-bond acceptors (Lipinski definition) is 2. The first-order valence-electron chi connectivity index (χ1n) is 13.2. The van der Waals surface area contributed by atoms with E-state index in [1.165, 1.54) is 0 Å². The number of nitrogens with one attached hydrogen (secondary N) is 1. The van der Waals surface area contributed by atoms with E-state index < -0.39 is 5.91 Å². The lowest BCUT2D eigenvalue weighted by atomic mass is 10.1. The molecule has 3 N–H and O–H groups in total. The number of carbonyl (C=O) groups is 1. The predicted octanol–water partition coefficient (Wildman–Crippen LogP) is 8.58. The molecule has 0 bridgehead atoms. The van der Waals surface area contributed by atoms with Gasteiger partial charge < -0.3 is 9.13 Å². The third-order valence-corrected chi connectivity index (χ3v) is 6.57. The molecule has 40 heavy (non-hydrogen) atoms. The van der Waals surface area contributed by atoms with Gasteiger partial charge in [-0.2, -0.15) is 0 Å². The Labute approximate surface area is 238 Å². The SMILES string of the molecule is C=Cc1c(/C=C\C)c(/C=C\C)c(C=C)n1-c1cc(C(=O)NN)cc(-n2c(C=C)c(/C=C\C)c(/C=C\C)c2C=C)c1. The van der Waals surface area contributed by atoms with Gasteiger partial charge in [0.05, 0.1) is 22.8 Å². The maximum atomic E-state index is 13.0. The maximum Gasteiger partial charge on any atom is 0.265 e. The van der Waals surface area contributed by atoms with E-state index in [0.717, 1.165) is 56.4 Å². The Hall–Kier alpha value is -4.87. The second-order valence-corrected chi connectivity index (χ2v) is 8.89. The van der Waals surface area contributed by atoms with Crippen molar-refractivity contribution in [3.8, 4) is 11.4 Å². The van der Waals surface area contributed by atoms with Crippen LogP contribution >= 0.6 is 0 Å². The third-order valence-electron chi connectivity index (χ3n) is 6.57. The molecule has 0 spiro atoms. The summed E-state index contributed by atoms with van der Waals surface area (Å²) < 4.78 is 4.12. The lowest BCUT2D eigenvalue weighted by Crippen LogP contribution is -2.30. The van der Waals surface area contributed by atoms with Crippen molar-refractivity contribution in [1.82, 2.24) is 14.6 Å². The second kappa shape index (κ2) is 13.3. The number of hydrogen-bond donors (Lipinski definition) is 2. The molecule has 5 heteroatoms. The summed E-state index contributed by atoms with van der Waals surface area (Å²) in [5.41, 5.74) is 11.7. The molecule has 5 nitrogen and oxygen atoms in total. The average molecular weight is 531 g/mol. The first-order chi connectivity index (χ1) is 19.4. The summed E-state index contributed by atoms with van der Waals surface area (Å²) in [6, 6.07) is 5.66. The van der Waals surface area contributed by atoms with Crippen molar-refractivity contribution in [1.29, 1.82) is 0 Å². The Morgan fingerprint density at radius 3 is 1.15 bits per heavy atom. The van der Waals surface area contributed by atoms with E-state index in [9.17, 15) is 4.79 Å². The van der Waals surface area contributed by atoms with Crippen molar-refractivity contribution in [3.63, 3.8) is 0 Å². The van der Waals surface area contributed by atoms with Crippen molar-refractivity contribution in [2.75, 3.05) is 0 Å². The fourth-order valence-corrected chi connectivity index (χ4v) is 5.09. The first kappa shape index (κ1) is 29.7. The Balaban J connectivity index is 2.59. The van der Waals surface area contributed by atoms with E-state index in [2.05, 4.69) is 65.2 Å². The van der Waals surface area contributed by atoms with Gasteiger partial charge in [-0.1, -0.05) is 74.9 Å². The molecule has 2 aromatic heterocycles. The molecule has 0 aliphatic heterocycles. The molecule has 0 saturated heterocycles. The summed E-state index contributed by atoms with van der Waals surface area (Å²) >= 11 is 0. The molecule has 2 heterocycles. The summed E-state index contributed by atoms with van der Waals surface area (Å²) in [4.78, 5) is 13.0. The Kier molecular flexibility index (Phi) is 9.85. The highest BCUT2D eigenvalue weighted by atomic mass is 16.2. The van der Waals surface area contributed by atoms with Crippen LogP contribution in [0.4, 0.5) is 0 Å². The second-order valence-electron chi connectivity index (χ2n) is 8.89. The maximum absolute atomic E-state index is 13.0. The van der Waals surface area contributed by atoms with Crippen LogP contribution < -0.4 is 11.3 Å². The van der Waals surface area contributed by atoms with Gasteiger partial charge in [-0.25, -0.2) is 5.84 Å². The fourth-order valence-electron chi connectivity index (χ4n) is 5.09. The van der Waals surface area contributed by atoms with Crippen LogP contribution in [0.5, 0.6) is 0 Å². The number of benzene rings is 1. The predicted molar refractivity (Wildman–Crippen MR) is 176 cm³/mol. The number of amides is 1. The third kappa shape index (κ3) is 5.20. The van der Waals surface area contributed by atoms with Crippen LogP contribution in [-0.4, -0.2) is 15.0 Å². The van der Waals surface area contributed by atoms with Crippen molar-refractivity contribution in [2.45, 2.75) is 27.7 Å². The van der Waals surface area contributed by atoms with Crippen molar-refractivity contribution in [3.05, 3.63) is 119 Å². The minimum Gasteiger partial charge on any atom is -0.309 e. The standard InChI is InChI=1S/C35H38N4O/c1-9-17-27-28(18-10-2)32(14-6)38(31(27)13-5)25-21-24(35(40)37-36)22-26(23-25)39-33(15-7)29(19-11-3)30(20-12-4)34(39)16-8/h9-23H,5-8,36H2,1-4H3,(H,37,40)/b17-9-,18-10-,19-11-,20-12-. The van der Waals surface area contributed by atoms with E-state index in [1.54, 1.807) is 0 Å². The van der Waals surface area contributed by atoms with Gasteiger partial charge in [0.15, 0.2) is 0 Å². The van der Waals surface area contributed by atoms with Gasteiger partial charge in [0.1, 0.15) is 0 Å². The number of nitrogen functional groups attached to an aromatic ring is 1. The molecule has 1 amide bonds. The molecule has 3 aromatic rings. The highest BCUT2D eigenvalue weighted by molar-refractivity contribution is 5.95. The summed E-state index contributed by atoms with van der Waals surface area (Å²) in [6.07, 6.45) is 23.5. The number of carbonyl (C=O) groups excluding carboxylic acids is 1. The van der Waals surface area contributed by atoms with E-state index in [-0.39, 0.29) is 0 Å². The van der Waals surface area contributed by atoms with E-state index in [4.69, 9.17) is 5.84 Å². The Bertz CT molecular complexity index is 1410. The van der Waals surface area contributed by atoms with Crippen molar-refractivity contribution >= 4 is 54.5 Å². The highest BCUT2D eigenvalue weighted by Crippen LogP contribution is 2.35. The molecule has 1 aromatic carbocycles.